The van der Waals surface area contributed by atoms with Gasteiger partial charge in [-0.25, -0.2) is 0 Å². The van der Waals surface area contributed by atoms with Crippen molar-refractivity contribution in [1.82, 2.24) is 10.3 Å². The largest absolute Gasteiger partial charge is 0.317 e. The van der Waals surface area contributed by atoms with Crippen molar-refractivity contribution in [2.75, 3.05) is 7.05 Å². The van der Waals surface area contributed by atoms with Crippen molar-refractivity contribution >= 4 is 0 Å². The molecule has 1 aliphatic rings. The summed E-state index contributed by atoms with van der Waals surface area (Å²) in [6, 6.07) is 6.86. The summed E-state index contributed by atoms with van der Waals surface area (Å²) in [4.78, 5) is 4.43. The van der Waals surface area contributed by atoms with Gasteiger partial charge >= 0.3 is 0 Å². The number of hydrogen-bond donors (Lipinski definition) is 1. The van der Waals surface area contributed by atoms with E-state index in [-0.39, 0.29) is 0 Å². The van der Waals surface area contributed by atoms with Crippen LogP contribution in [0.3, 0.4) is 0 Å². The number of hydrogen-bond acceptors (Lipinski definition) is 2. The molecular weight excluding hydrogens is 232 g/mol. The topological polar surface area (TPSA) is 24.9 Å². The maximum absolute atomic E-state index is 4.43. The standard InChI is InChI=1S/C17H28N2/c1-13-10-14(2)12-15(11-13)17(18-3)8-7-16-6-4-5-9-19-16/h4-6,9,13-15,17-18H,7-8,10-12H2,1-3H3. The van der Waals surface area contributed by atoms with Crippen molar-refractivity contribution < 1.29 is 0 Å². The van der Waals surface area contributed by atoms with Crippen LogP contribution >= 0.6 is 0 Å². The van der Waals surface area contributed by atoms with Gasteiger partial charge in [-0.1, -0.05) is 19.9 Å². The van der Waals surface area contributed by atoms with Crippen LogP contribution in [0.15, 0.2) is 24.4 Å². The molecule has 2 rings (SSSR count). The second-order valence-electron chi connectivity index (χ2n) is 6.43. The van der Waals surface area contributed by atoms with Gasteiger partial charge in [0.2, 0.25) is 0 Å². The molecule has 1 aliphatic carbocycles. The molecule has 19 heavy (non-hydrogen) atoms. The van der Waals surface area contributed by atoms with Crippen molar-refractivity contribution in [3.8, 4) is 0 Å². The molecule has 0 aliphatic heterocycles. The van der Waals surface area contributed by atoms with Crippen molar-refractivity contribution in [3.63, 3.8) is 0 Å². The Morgan fingerprint density at radius 3 is 2.53 bits per heavy atom. The Hall–Kier alpha value is -0.890. The maximum atomic E-state index is 4.43. The lowest BCUT2D eigenvalue weighted by Crippen LogP contribution is -2.38. The lowest BCUT2D eigenvalue weighted by molar-refractivity contribution is 0.175. The fraction of sp³-hybridized carbons (Fsp3) is 0.706. The number of nitrogens with zero attached hydrogens (tertiary/aromatic N) is 1. The van der Waals surface area contributed by atoms with Crippen LogP contribution in [0, 0.1) is 17.8 Å². The van der Waals surface area contributed by atoms with Crippen LogP contribution in [0.2, 0.25) is 0 Å². The molecule has 0 radical (unpaired) electrons. The van der Waals surface area contributed by atoms with E-state index >= 15 is 0 Å². The molecule has 0 spiro atoms. The molecule has 1 heterocycles. The first-order valence-electron chi connectivity index (χ1n) is 7.76. The molecule has 2 heteroatoms. The summed E-state index contributed by atoms with van der Waals surface area (Å²) < 4.78 is 0. The monoisotopic (exact) mass is 260 g/mol. The van der Waals surface area contributed by atoms with Gasteiger partial charge in [-0.3, -0.25) is 4.98 Å². The Morgan fingerprint density at radius 2 is 1.95 bits per heavy atom. The molecule has 0 bridgehead atoms. The maximum Gasteiger partial charge on any atom is 0.0404 e. The first kappa shape index (κ1) is 14.5. The van der Waals surface area contributed by atoms with Gasteiger partial charge in [0.1, 0.15) is 0 Å². The number of aromatic nitrogens is 1. The highest BCUT2D eigenvalue weighted by Crippen LogP contribution is 2.35. The summed E-state index contributed by atoms with van der Waals surface area (Å²) in [5, 5.41) is 3.56. The Balaban J connectivity index is 1.89. The van der Waals surface area contributed by atoms with Gasteiger partial charge in [0, 0.05) is 17.9 Å². The third-order valence-electron chi connectivity index (χ3n) is 4.59. The van der Waals surface area contributed by atoms with Gasteiger partial charge in [0.05, 0.1) is 0 Å². The minimum absolute atomic E-state index is 0.646. The van der Waals surface area contributed by atoms with Gasteiger partial charge in [-0.15, -0.1) is 0 Å². The van der Waals surface area contributed by atoms with Crippen molar-refractivity contribution in [2.45, 2.75) is 52.0 Å². The second kappa shape index (κ2) is 7.04. The number of pyridine rings is 1. The molecule has 3 atom stereocenters. The smallest absolute Gasteiger partial charge is 0.0404 e. The molecule has 1 N–H and O–H groups in total. The quantitative estimate of drug-likeness (QED) is 0.873. The molecular formula is C17H28N2. The van der Waals surface area contributed by atoms with E-state index in [2.05, 4.69) is 43.3 Å². The lowest BCUT2D eigenvalue weighted by atomic mass is 9.73. The zero-order valence-electron chi connectivity index (χ0n) is 12.6. The van der Waals surface area contributed by atoms with Gasteiger partial charge in [0.25, 0.3) is 0 Å². The number of rotatable bonds is 5. The average Bonchev–Trinajstić information content (AvgIpc) is 2.39. The molecule has 2 nitrogen and oxygen atoms in total. The van der Waals surface area contributed by atoms with E-state index in [0.29, 0.717) is 6.04 Å². The number of aryl methyl sites for hydroxylation is 1. The van der Waals surface area contributed by atoms with E-state index in [9.17, 15) is 0 Å². The molecule has 1 aromatic rings. The Labute approximate surface area is 118 Å². The Kier molecular flexibility index (Phi) is 5.38. The van der Waals surface area contributed by atoms with Crippen molar-refractivity contribution in [3.05, 3.63) is 30.1 Å². The van der Waals surface area contributed by atoms with Crippen LogP contribution in [-0.2, 0) is 6.42 Å². The van der Waals surface area contributed by atoms with E-state index in [1.165, 1.54) is 31.4 Å². The molecule has 106 valence electrons. The van der Waals surface area contributed by atoms with E-state index in [0.717, 1.165) is 24.2 Å². The summed E-state index contributed by atoms with van der Waals surface area (Å²) >= 11 is 0. The Bertz CT molecular complexity index is 353. The zero-order chi connectivity index (χ0) is 13.7. The highest BCUT2D eigenvalue weighted by Gasteiger charge is 2.28. The van der Waals surface area contributed by atoms with E-state index in [1.807, 2.05) is 12.3 Å². The lowest BCUT2D eigenvalue weighted by Gasteiger charge is -2.36. The van der Waals surface area contributed by atoms with Crippen molar-refractivity contribution in [1.29, 1.82) is 0 Å². The van der Waals surface area contributed by atoms with Gasteiger partial charge < -0.3 is 5.32 Å². The molecule has 0 saturated heterocycles. The normalized spacial score (nSPS) is 29.1. The van der Waals surface area contributed by atoms with Gasteiger partial charge in [-0.2, -0.15) is 0 Å². The van der Waals surface area contributed by atoms with Crippen LogP contribution in [0.4, 0.5) is 0 Å². The molecule has 1 fully saturated rings. The first-order valence-corrected chi connectivity index (χ1v) is 7.76. The molecule has 0 amide bonds. The van der Waals surface area contributed by atoms with Gasteiger partial charge in [-0.05, 0) is 69.0 Å². The summed E-state index contributed by atoms with van der Waals surface area (Å²) in [6.45, 7) is 4.82. The SMILES string of the molecule is CNC(CCc1ccccn1)C1CC(C)CC(C)C1. The molecule has 1 aromatic heterocycles. The average molecular weight is 260 g/mol. The third-order valence-corrected chi connectivity index (χ3v) is 4.59. The predicted molar refractivity (Wildman–Crippen MR) is 81.1 cm³/mol. The van der Waals surface area contributed by atoms with Crippen LogP contribution < -0.4 is 5.32 Å². The van der Waals surface area contributed by atoms with E-state index < -0.39 is 0 Å². The minimum atomic E-state index is 0.646. The summed E-state index contributed by atoms with van der Waals surface area (Å²) in [6.07, 6.45) is 8.38. The van der Waals surface area contributed by atoms with E-state index in [1.54, 1.807) is 0 Å². The molecule has 0 aromatic carbocycles. The second-order valence-corrected chi connectivity index (χ2v) is 6.43. The summed E-state index contributed by atoms with van der Waals surface area (Å²) in [7, 11) is 2.12. The Morgan fingerprint density at radius 1 is 1.21 bits per heavy atom. The summed E-state index contributed by atoms with van der Waals surface area (Å²) in [5.74, 6) is 2.62. The van der Waals surface area contributed by atoms with Crippen LogP contribution in [-0.4, -0.2) is 18.1 Å². The molecule has 1 saturated carbocycles. The number of nitrogens with one attached hydrogen (secondary N) is 1. The minimum Gasteiger partial charge on any atom is -0.317 e. The predicted octanol–water partition coefficient (Wildman–Crippen LogP) is 3.67. The summed E-state index contributed by atoms with van der Waals surface area (Å²) in [5.41, 5.74) is 1.22. The third kappa shape index (κ3) is 4.31. The van der Waals surface area contributed by atoms with E-state index in [4.69, 9.17) is 0 Å². The fourth-order valence-corrected chi connectivity index (χ4v) is 3.80. The molecule has 3 unspecified atom stereocenters. The van der Waals surface area contributed by atoms with Crippen LogP contribution in [0.5, 0.6) is 0 Å². The highest BCUT2D eigenvalue weighted by molar-refractivity contribution is 5.04. The highest BCUT2D eigenvalue weighted by atomic mass is 14.9. The van der Waals surface area contributed by atoms with Crippen LogP contribution in [0.1, 0.15) is 45.2 Å². The zero-order valence-corrected chi connectivity index (χ0v) is 12.6. The van der Waals surface area contributed by atoms with Crippen LogP contribution in [0.25, 0.3) is 0 Å². The van der Waals surface area contributed by atoms with Crippen molar-refractivity contribution in [2.24, 2.45) is 17.8 Å². The van der Waals surface area contributed by atoms with Gasteiger partial charge in [0.15, 0.2) is 0 Å². The first-order chi connectivity index (χ1) is 9.19. The fourth-order valence-electron chi connectivity index (χ4n) is 3.80.